The Morgan fingerprint density at radius 3 is 1.82 bits per heavy atom. The zero-order valence-electron chi connectivity index (χ0n) is 11.0. The molecule has 0 N–H and O–H groups in total. The number of hydrogen-bond acceptors (Lipinski definition) is 4. The lowest BCUT2D eigenvalue weighted by Gasteiger charge is -2.10. The van der Waals surface area contributed by atoms with E-state index in [1.54, 1.807) is 36.4 Å². The van der Waals surface area contributed by atoms with Gasteiger partial charge in [-0.2, -0.15) is 10.5 Å². The van der Waals surface area contributed by atoms with Gasteiger partial charge in [0, 0.05) is 9.79 Å². The fourth-order valence-corrected chi connectivity index (χ4v) is 2.92. The molecule has 2 aromatic rings. The summed E-state index contributed by atoms with van der Waals surface area (Å²) in [5.41, 5.74) is 1.14. The highest BCUT2D eigenvalue weighted by atomic mass is 35.6. The summed E-state index contributed by atoms with van der Waals surface area (Å²) < 4.78 is -1.42. The number of benzene rings is 2. The largest absolute Gasteiger partial charge is 0.241 e. The van der Waals surface area contributed by atoms with Crippen LogP contribution in [0.25, 0.3) is 0 Å². The summed E-state index contributed by atoms with van der Waals surface area (Å²) in [7, 11) is 0. The van der Waals surface area contributed by atoms with E-state index in [-0.39, 0.29) is 0 Å². The summed E-state index contributed by atoms with van der Waals surface area (Å²) in [6, 6.07) is 18.2. The van der Waals surface area contributed by atoms with Crippen molar-refractivity contribution in [3.05, 3.63) is 59.7 Å². The van der Waals surface area contributed by atoms with Crippen molar-refractivity contribution in [2.45, 2.75) is 12.9 Å². The lowest BCUT2D eigenvalue weighted by atomic mass is 10.2. The van der Waals surface area contributed by atoms with E-state index in [1.807, 2.05) is 24.3 Å². The number of halogens is 3. The summed E-state index contributed by atoms with van der Waals surface area (Å²) in [5, 5.41) is 17.1. The van der Waals surface area contributed by atoms with Crippen LogP contribution in [0.3, 0.4) is 0 Å². The molecular formula is C15H9Cl3N2S2. The molecule has 0 saturated heterocycles. The van der Waals surface area contributed by atoms with Crippen molar-refractivity contribution in [2.75, 3.05) is 0 Å². The molecule has 0 aliphatic heterocycles. The Morgan fingerprint density at radius 2 is 1.36 bits per heavy atom. The molecule has 0 amide bonds. The number of nitrogens with zero attached hydrogens (tertiary/aromatic N) is 2. The highest BCUT2D eigenvalue weighted by molar-refractivity contribution is 8.04. The SMILES string of the molecule is N#Cc1ccccc1S.N#Cc1ccccc1SC(Cl)(Cl)Cl. The van der Waals surface area contributed by atoms with Crippen LogP contribution in [0.2, 0.25) is 0 Å². The number of alkyl halides is 3. The third-order valence-corrected chi connectivity index (χ3v) is 4.15. The first kappa shape index (κ1) is 19.0. The second-order valence-electron chi connectivity index (χ2n) is 3.78. The van der Waals surface area contributed by atoms with Crippen LogP contribution in [-0.2, 0) is 0 Å². The molecule has 0 heterocycles. The van der Waals surface area contributed by atoms with Crippen molar-refractivity contribution >= 4 is 59.2 Å². The zero-order chi connectivity index (χ0) is 16.6. The third kappa shape index (κ3) is 6.83. The van der Waals surface area contributed by atoms with Crippen LogP contribution in [0.5, 0.6) is 0 Å². The fourth-order valence-electron chi connectivity index (χ4n) is 1.34. The summed E-state index contributed by atoms with van der Waals surface area (Å²) in [6.07, 6.45) is 0. The minimum absolute atomic E-state index is 0.513. The van der Waals surface area contributed by atoms with E-state index in [1.165, 1.54) is 0 Å². The van der Waals surface area contributed by atoms with E-state index < -0.39 is 3.12 Å². The van der Waals surface area contributed by atoms with Gasteiger partial charge in [-0.05, 0) is 24.3 Å². The van der Waals surface area contributed by atoms with Crippen molar-refractivity contribution in [3.8, 4) is 12.1 Å². The Balaban J connectivity index is 0.000000235. The van der Waals surface area contributed by atoms with Gasteiger partial charge in [-0.1, -0.05) is 70.8 Å². The maximum atomic E-state index is 8.72. The molecule has 0 aliphatic rings. The van der Waals surface area contributed by atoms with Crippen molar-refractivity contribution < 1.29 is 0 Å². The number of rotatable bonds is 1. The van der Waals surface area contributed by atoms with E-state index in [4.69, 9.17) is 45.3 Å². The smallest absolute Gasteiger partial charge is 0.192 e. The van der Waals surface area contributed by atoms with Crippen LogP contribution in [0.15, 0.2) is 58.3 Å². The Kier molecular flexibility index (Phi) is 7.96. The molecule has 0 spiro atoms. The molecule has 0 aliphatic carbocycles. The van der Waals surface area contributed by atoms with E-state index in [0.717, 1.165) is 16.7 Å². The topological polar surface area (TPSA) is 47.6 Å². The second kappa shape index (κ2) is 9.20. The minimum Gasteiger partial charge on any atom is -0.192 e. The molecule has 112 valence electrons. The van der Waals surface area contributed by atoms with Gasteiger partial charge in [-0.25, -0.2) is 0 Å². The molecule has 2 rings (SSSR count). The molecule has 0 radical (unpaired) electrons. The van der Waals surface area contributed by atoms with Crippen molar-refractivity contribution in [3.63, 3.8) is 0 Å². The summed E-state index contributed by atoms with van der Waals surface area (Å²) in [5.74, 6) is 0. The van der Waals surface area contributed by atoms with Crippen LogP contribution in [0.4, 0.5) is 0 Å². The maximum Gasteiger partial charge on any atom is 0.241 e. The Morgan fingerprint density at radius 1 is 0.864 bits per heavy atom. The maximum absolute atomic E-state index is 8.72. The molecule has 2 aromatic carbocycles. The quantitative estimate of drug-likeness (QED) is 0.381. The van der Waals surface area contributed by atoms with Crippen molar-refractivity contribution in [1.82, 2.24) is 0 Å². The molecule has 0 saturated carbocycles. The third-order valence-electron chi connectivity index (χ3n) is 2.26. The second-order valence-corrected chi connectivity index (χ2v) is 8.48. The minimum atomic E-state index is -1.42. The van der Waals surface area contributed by atoms with E-state index in [0.29, 0.717) is 16.0 Å². The van der Waals surface area contributed by atoms with Crippen molar-refractivity contribution in [1.29, 1.82) is 10.5 Å². The van der Waals surface area contributed by atoms with Gasteiger partial charge in [0.1, 0.15) is 12.1 Å². The van der Waals surface area contributed by atoms with Crippen LogP contribution in [-0.4, -0.2) is 3.12 Å². The van der Waals surface area contributed by atoms with Gasteiger partial charge in [0.15, 0.2) is 0 Å². The zero-order valence-corrected chi connectivity index (χ0v) is 15.0. The first-order valence-corrected chi connectivity index (χ1v) is 8.20. The monoisotopic (exact) mass is 386 g/mol. The van der Waals surface area contributed by atoms with E-state index in [9.17, 15) is 0 Å². The lowest BCUT2D eigenvalue weighted by Crippen LogP contribution is -1.94. The molecular weight excluding hydrogens is 379 g/mol. The van der Waals surface area contributed by atoms with Crippen LogP contribution in [0, 0.1) is 22.7 Å². The van der Waals surface area contributed by atoms with Gasteiger partial charge in [-0.3, -0.25) is 0 Å². The number of nitriles is 2. The van der Waals surface area contributed by atoms with Gasteiger partial charge < -0.3 is 0 Å². The van der Waals surface area contributed by atoms with Gasteiger partial charge >= 0.3 is 0 Å². The van der Waals surface area contributed by atoms with Gasteiger partial charge in [-0.15, -0.1) is 12.6 Å². The Bertz CT molecular complexity index is 716. The van der Waals surface area contributed by atoms with Gasteiger partial charge in [0.25, 0.3) is 0 Å². The molecule has 0 aromatic heterocycles. The summed E-state index contributed by atoms with van der Waals surface area (Å²) in [6.45, 7) is 0. The Labute approximate surface area is 154 Å². The molecule has 0 fully saturated rings. The predicted octanol–water partition coefficient (Wildman–Crippen LogP) is 5.83. The van der Waals surface area contributed by atoms with Gasteiger partial charge in [0.05, 0.1) is 11.1 Å². The molecule has 0 atom stereocenters. The standard InChI is InChI=1S/C8H4Cl3NS.C7H5NS/c9-8(10,11)13-7-4-2-1-3-6(7)5-12;8-5-6-3-1-2-4-7(6)9/h1-4H;1-4,9H. The number of thioether (sulfide) groups is 1. The average Bonchev–Trinajstić information content (AvgIpc) is 2.47. The first-order chi connectivity index (χ1) is 10.4. The molecule has 0 bridgehead atoms. The van der Waals surface area contributed by atoms with Crippen molar-refractivity contribution in [2.24, 2.45) is 0 Å². The highest BCUT2D eigenvalue weighted by Crippen LogP contribution is 2.44. The first-order valence-electron chi connectivity index (χ1n) is 5.80. The summed E-state index contributed by atoms with van der Waals surface area (Å²) in [4.78, 5) is 1.41. The van der Waals surface area contributed by atoms with Gasteiger partial charge in [0.2, 0.25) is 3.12 Å². The summed E-state index contributed by atoms with van der Waals surface area (Å²) >= 11 is 21.8. The molecule has 7 heteroatoms. The highest BCUT2D eigenvalue weighted by Gasteiger charge is 2.22. The Hall–Kier alpha value is -1.01. The van der Waals surface area contributed by atoms with Crippen LogP contribution < -0.4 is 0 Å². The van der Waals surface area contributed by atoms with Crippen LogP contribution >= 0.6 is 59.2 Å². The molecule has 0 unspecified atom stereocenters. The fraction of sp³-hybridized carbons (Fsp3) is 0.0667. The van der Waals surface area contributed by atoms with E-state index >= 15 is 0 Å². The van der Waals surface area contributed by atoms with Crippen LogP contribution in [0.1, 0.15) is 11.1 Å². The van der Waals surface area contributed by atoms with E-state index in [2.05, 4.69) is 12.6 Å². The number of thiol groups is 1. The molecule has 2 nitrogen and oxygen atoms in total. The lowest BCUT2D eigenvalue weighted by molar-refractivity contribution is 1.36. The normalized spacial score (nSPS) is 9.91. The number of hydrogen-bond donors (Lipinski definition) is 1. The average molecular weight is 388 g/mol. The predicted molar refractivity (Wildman–Crippen MR) is 95.7 cm³/mol. The molecule has 22 heavy (non-hydrogen) atoms.